The van der Waals surface area contributed by atoms with E-state index in [1.165, 1.54) is 13.2 Å². The van der Waals surface area contributed by atoms with Crippen LogP contribution in [0.4, 0.5) is 16.2 Å². The minimum Gasteiger partial charge on any atom is -0.495 e. The maximum absolute atomic E-state index is 12.8. The van der Waals surface area contributed by atoms with Crippen LogP contribution in [0.2, 0.25) is 5.02 Å². The second-order valence-corrected chi connectivity index (χ2v) is 6.10. The number of para-hydroxylation sites is 2. The molecule has 0 bridgehead atoms. The van der Waals surface area contributed by atoms with Gasteiger partial charge in [-0.05, 0) is 30.3 Å². The highest BCUT2D eigenvalue weighted by Crippen LogP contribution is 2.26. The molecule has 5 nitrogen and oxygen atoms in total. The molecule has 3 aromatic rings. The van der Waals surface area contributed by atoms with Crippen LogP contribution >= 0.6 is 11.6 Å². The van der Waals surface area contributed by atoms with Crippen LogP contribution in [0, 0.1) is 0 Å². The van der Waals surface area contributed by atoms with E-state index < -0.39 is 6.03 Å². The van der Waals surface area contributed by atoms with Gasteiger partial charge >= 0.3 is 6.03 Å². The van der Waals surface area contributed by atoms with E-state index >= 15 is 0 Å². The Morgan fingerprint density at radius 1 is 0.852 bits per heavy atom. The molecule has 0 aromatic heterocycles. The van der Waals surface area contributed by atoms with E-state index in [2.05, 4.69) is 10.6 Å². The summed E-state index contributed by atoms with van der Waals surface area (Å²) in [6, 6.07) is 20.1. The summed E-state index contributed by atoms with van der Waals surface area (Å²) in [5, 5.41) is 5.82. The Morgan fingerprint density at radius 2 is 1.52 bits per heavy atom. The number of rotatable bonds is 5. The molecule has 0 aliphatic rings. The number of anilines is 2. The van der Waals surface area contributed by atoms with Crippen molar-refractivity contribution in [1.29, 1.82) is 0 Å². The molecule has 0 fully saturated rings. The maximum Gasteiger partial charge on any atom is 0.323 e. The summed E-state index contributed by atoms with van der Waals surface area (Å²) in [7, 11) is 1.52. The number of nitrogens with one attached hydrogen (secondary N) is 2. The number of ether oxygens (including phenoxy) is 1. The fourth-order valence-electron chi connectivity index (χ4n) is 2.58. The molecule has 0 heterocycles. The summed E-state index contributed by atoms with van der Waals surface area (Å²) >= 11 is 6.06. The van der Waals surface area contributed by atoms with Crippen molar-refractivity contribution in [3.8, 4) is 5.75 Å². The third kappa shape index (κ3) is 4.46. The van der Waals surface area contributed by atoms with Crippen LogP contribution in [-0.4, -0.2) is 18.9 Å². The van der Waals surface area contributed by atoms with Crippen molar-refractivity contribution in [1.82, 2.24) is 0 Å². The summed E-state index contributed by atoms with van der Waals surface area (Å²) in [6.45, 7) is 0. The van der Waals surface area contributed by atoms with E-state index in [-0.39, 0.29) is 5.78 Å². The second-order valence-electron chi connectivity index (χ2n) is 5.66. The van der Waals surface area contributed by atoms with Crippen molar-refractivity contribution in [2.24, 2.45) is 0 Å². The van der Waals surface area contributed by atoms with Crippen LogP contribution in [-0.2, 0) is 0 Å². The van der Waals surface area contributed by atoms with E-state index in [9.17, 15) is 9.59 Å². The molecule has 2 amide bonds. The van der Waals surface area contributed by atoms with Crippen LogP contribution in [0.5, 0.6) is 5.75 Å². The molecule has 0 atom stereocenters. The molecule has 0 aliphatic carbocycles. The van der Waals surface area contributed by atoms with Crippen LogP contribution in [0.15, 0.2) is 72.8 Å². The zero-order chi connectivity index (χ0) is 19.2. The Labute approximate surface area is 161 Å². The number of carbonyl (C=O) groups excluding carboxylic acids is 2. The van der Waals surface area contributed by atoms with Gasteiger partial charge < -0.3 is 15.4 Å². The van der Waals surface area contributed by atoms with Gasteiger partial charge in [-0.1, -0.05) is 54.1 Å². The first kappa shape index (κ1) is 18.5. The van der Waals surface area contributed by atoms with Gasteiger partial charge in [-0.25, -0.2) is 4.79 Å². The summed E-state index contributed by atoms with van der Waals surface area (Å²) in [5.41, 5.74) is 1.69. The normalized spacial score (nSPS) is 10.1. The molecule has 6 heteroatoms. The molecule has 2 N–H and O–H groups in total. The van der Waals surface area contributed by atoms with Crippen LogP contribution < -0.4 is 15.4 Å². The Kier molecular flexibility index (Phi) is 5.74. The van der Waals surface area contributed by atoms with E-state index in [1.807, 2.05) is 6.07 Å². The maximum atomic E-state index is 12.8. The first-order chi connectivity index (χ1) is 13.1. The Bertz CT molecular complexity index is 974. The quantitative estimate of drug-likeness (QED) is 0.596. The molecule has 0 spiro atoms. The minimum atomic E-state index is -0.496. The predicted octanol–water partition coefficient (Wildman–Crippen LogP) is 5.22. The molecular formula is C21H17ClN2O3. The van der Waals surface area contributed by atoms with Gasteiger partial charge in [0, 0.05) is 16.1 Å². The highest BCUT2D eigenvalue weighted by molar-refractivity contribution is 6.31. The summed E-state index contributed by atoms with van der Waals surface area (Å²) in [5.74, 6) is 0.301. The number of hydrogen-bond donors (Lipinski definition) is 2. The van der Waals surface area contributed by atoms with Gasteiger partial charge in [0.1, 0.15) is 5.75 Å². The number of halogens is 1. The number of hydrogen-bond acceptors (Lipinski definition) is 3. The van der Waals surface area contributed by atoms with E-state index in [1.54, 1.807) is 60.7 Å². The molecule has 0 unspecified atom stereocenters. The number of methoxy groups -OCH3 is 1. The molecular weight excluding hydrogens is 364 g/mol. The average Bonchev–Trinajstić information content (AvgIpc) is 2.70. The first-order valence-corrected chi connectivity index (χ1v) is 8.56. The van der Waals surface area contributed by atoms with Crippen molar-refractivity contribution in [3.63, 3.8) is 0 Å². The summed E-state index contributed by atoms with van der Waals surface area (Å²) < 4.78 is 5.22. The molecule has 3 aromatic carbocycles. The first-order valence-electron chi connectivity index (χ1n) is 8.19. The number of carbonyl (C=O) groups is 2. The fourth-order valence-corrected chi connectivity index (χ4v) is 2.75. The predicted molar refractivity (Wildman–Crippen MR) is 107 cm³/mol. The van der Waals surface area contributed by atoms with E-state index in [0.717, 1.165) is 0 Å². The smallest absolute Gasteiger partial charge is 0.323 e. The van der Waals surface area contributed by atoms with Crippen LogP contribution in [0.3, 0.4) is 0 Å². The van der Waals surface area contributed by atoms with Crippen molar-refractivity contribution in [2.75, 3.05) is 17.7 Å². The summed E-state index contributed by atoms with van der Waals surface area (Å²) in [6.07, 6.45) is 0. The minimum absolute atomic E-state index is 0.231. The lowest BCUT2D eigenvalue weighted by atomic mass is 10.0. The molecule has 0 aliphatic heterocycles. The molecule has 136 valence electrons. The second kappa shape index (κ2) is 8.38. The highest BCUT2D eigenvalue weighted by atomic mass is 35.5. The lowest BCUT2D eigenvalue weighted by molar-refractivity contribution is 0.103. The molecule has 0 saturated heterocycles. The summed E-state index contributed by atoms with van der Waals surface area (Å²) in [4.78, 5) is 25.2. The molecule has 0 saturated carbocycles. The Hall–Kier alpha value is -3.31. The standard InChI is InChI=1S/C21H17ClN2O3/c1-27-19-10-6-5-9-18(19)24-21(26)23-17-12-11-15(22)13-16(17)20(25)14-7-3-2-4-8-14/h2-13H,1H3,(H2,23,24,26). The van der Waals surface area contributed by atoms with Crippen molar-refractivity contribution < 1.29 is 14.3 Å². The van der Waals surface area contributed by atoms with Gasteiger partial charge in [0.15, 0.2) is 5.78 Å². The van der Waals surface area contributed by atoms with Crippen molar-refractivity contribution >= 4 is 34.8 Å². The third-order valence-corrected chi connectivity index (χ3v) is 4.10. The molecule has 27 heavy (non-hydrogen) atoms. The van der Waals surface area contributed by atoms with Gasteiger partial charge in [-0.2, -0.15) is 0 Å². The van der Waals surface area contributed by atoms with Crippen LogP contribution in [0.1, 0.15) is 15.9 Å². The third-order valence-electron chi connectivity index (χ3n) is 3.87. The lowest BCUT2D eigenvalue weighted by Gasteiger charge is -2.13. The zero-order valence-corrected chi connectivity index (χ0v) is 15.3. The number of amides is 2. The van der Waals surface area contributed by atoms with Crippen molar-refractivity contribution in [3.05, 3.63) is 88.9 Å². The number of ketones is 1. The molecule has 0 radical (unpaired) electrons. The average molecular weight is 381 g/mol. The van der Waals surface area contributed by atoms with Crippen molar-refractivity contribution in [2.45, 2.75) is 0 Å². The van der Waals surface area contributed by atoms with Gasteiger partial charge in [-0.3, -0.25) is 4.79 Å². The lowest BCUT2D eigenvalue weighted by Crippen LogP contribution is -2.21. The monoisotopic (exact) mass is 380 g/mol. The van der Waals surface area contributed by atoms with Gasteiger partial charge in [0.2, 0.25) is 0 Å². The topological polar surface area (TPSA) is 67.4 Å². The zero-order valence-electron chi connectivity index (χ0n) is 14.5. The Balaban J connectivity index is 1.85. The van der Waals surface area contributed by atoms with Gasteiger partial charge in [-0.15, -0.1) is 0 Å². The fraction of sp³-hybridized carbons (Fsp3) is 0.0476. The number of urea groups is 1. The van der Waals surface area contributed by atoms with Crippen LogP contribution in [0.25, 0.3) is 0 Å². The Morgan fingerprint density at radius 3 is 2.26 bits per heavy atom. The van der Waals surface area contributed by atoms with E-state index in [0.29, 0.717) is 33.3 Å². The van der Waals surface area contributed by atoms with Gasteiger partial charge in [0.25, 0.3) is 0 Å². The number of benzene rings is 3. The largest absolute Gasteiger partial charge is 0.495 e. The van der Waals surface area contributed by atoms with E-state index in [4.69, 9.17) is 16.3 Å². The van der Waals surface area contributed by atoms with Gasteiger partial charge in [0.05, 0.1) is 18.5 Å². The highest BCUT2D eigenvalue weighted by Gasteiger charge is 2.16. The molecule has 3 rings (SSSR count). The SMILES string of the molecule is COc1ccccc1NC(=O)Nc1ccc(Cl)cc1C(=O)c1ccccc1.